The fraction of sp³-hybridized carbons (Fsp3) is 0.292. The van der Waals surface area contributed by atoms with Crippen molar-refractivity contribution in [3.63, 3.8) is 0 Å². The Labute approximate surface area is 368 Å². The van der Waals surface area contributed by atoms with E-state index in [0.29, 0.717) is 71.1 Å². The molecule has 11 rings (SSSR count). The lowest BCUT2D eigenvalue weighted by molar-refractivity contribution is 0.0300. The van der Waals surface area contributed by atoms with Crippen molar-refractivity contribution in [2.75, 3.05) is 52.5 Å². The Morgan fingerprint density at radius 3 is 1.47 bits per heavy atom. The van der Waals surface area contributed by atoms with E-state index in [9.17, 15) is 9.59 Å². The molecular formula is C48H45Cl2N9O3. The van der Waals surface area contributed by atoms with Gasteiger partial charge in [0.1, 0.15) is 22.7 Å². The van der Waals surface area contributed by atoms with E-state index >= 15 is 0 Å². The van der Waals surface area contributed by atoms with Crippen LogP contribution in [0, 0.1) is 0 Å². The fourth-order valence-corrected chi connectivity index (χ4v) is 9.38. The van der Waals surface area contributed by atoms with E-state index < -0.39 is 0 Å². The normalized spacial score (nSPS) is 16.2. The van der Waals surface area contributed by atoms with E-state index in [2.05, 4.69) is 4.90 Å². The molecule has 3 aliphatic rings. The highest BCUT2D eigenvalue weighted by Gasteiger charge is 2.32. The van der Waals surface area contributed by atoms with Crippen molar-refractivity contribution in [2.24, 2.45) is 14.1 Å². The van der Waals surface area contributed by atoms with Crippen molar-refractivity contribution in [3.05, 3.63) is 118 Å². The third kappa shape index (κ3) is 7.34. The molecule has 7 heterocycles. The zero-order chi connectivity index (χ0) is 42.5. The minimum atomic E-state index is -0.0969. The van der Waals surface area contributed by atoms with Crippen LogP contribution in [0.2, 0.25) is 10.0 Å². The number of fused-ring (bicyclic) bond motifs is 6. The number of ether oxygens (including phenoxy) is 1. The quantitative estimate of drug-likeness (QED) is 0.169. The average molecular weight is 867 g/mol. The molecule has 0 bridgehead atoms. The molecule has 62 heavy (non-hydrogen) atoms. The Morgan fingerprint density at radius 1 is 0.581 bits per heavy atom. The van der Waals surface area contributed by atoms with Gasteiger partial charge in [-0.3, -0.25) is 9.59 Å². The second kappa shape index (κ2) is 16.7. The summed E-state index contributed by atoms with van der Waals surface area (Å²) in [6.07, 6.45) is 3.35. The van der Waals surface area contributed by atoms with Crippen molar-refractivity contribution in [3.8, 4) is 22.8 Å². The summed E-state index contributed by atoms with van der Waals surface area (Å²) in [5, 5.41) is 4.73. The van der Waals surface area contributed by atoms with E-state index in [1.165, 1.54) is 19.5 Å². The number of morpholine rings is 1. The topological polar surface area (TPSA) is 115 Å². The molecule has 3 aliphatic heterocycles. The lowest BCUT2D eigenvalue weighted by atomic mass is 9.99. The van der Waals surface area contributed by atoms with Crippen LogP contribution in [0.4, 0.5) is 0 Å². The third-order valence-corrected chi connectivity index (χ3v) is 13.0. The van der Waals surface area contributed by atoms with Crippen molar-refractivity contribution < 1.29 is 14.3 Å². The van der Waals surface area contributed by atoms with Gasteiger partial charge in [0, 0.05) is 78.3 Å². The van der Waals surface area contributed by atoms with Gasteiger partial charge in [-0.05, 0) is 56.6 Å². The number of amides is 2. The maximum Gasteiger partial charge on any atom is 0.273 e. The molecule has 8 aromatic rings. The second-order valence-electron chi connectivity index (χ2n) is 16.2. The van der Waals surface area contributed by atoms with Gasteiger partial charge in [-0.25, -0.2) is 19.9 Å². The Balaban J connectivity index is 0.000000149. The van der Waals surface area contributed by atoms with Crippen LogP contribution in [-0.4, -0.2) is 114 Å². The Kier molecular flexibility index (Phi) is 10.8. The van der Waals surface area contributed by atoms with Gasteiger partial charge in [-0.1, -0.05) is 96.0 Å². The van der Waals surface area contributed by atoms with Crippen LogP contribution in [0.5, 0.6) is 0 Å². The van der Waals surface area contributed by atoms with E-state index in [1.807, 2.05) is 125 Å². The number of carbonyl (C=O) groups is 2. The summed E-state index contributed by atoms with van der Waals surface area (Å²) in [5.41, 5.74) is 6.00. The van der Waals surface area contributed by atoms with Gasteiger partial charge >= 0.3 is 0 Å². The standard InChI is InChI=1S/C26H26ClN5O.C22H19ClN4O2/c1-30-21-16-18(27)8-9-20(21)22-23(28-24(29-25(22)30)17-6-3-2-4-7-17)26(33)32-14-10-19(11-15-32)31-12-5-13-31;1-26-17-13-15(23)7-8-16(17)18-19(22(28)27-9-11-29-12-10-27)24-20(25-21(18)26)14-5-3-2-4-6-14/h2-4,6-9,16,19H,5,10-15H2,1H3;2-8,13H,9-12H2,1H3. The number of hydrogen-bond donors (Lipinski definition) is 0. The molecule has 0 N–H and O–H groups in total. The maximum absolute atomic E-state index is 13.9. The lowest BCUT2D eigenvalue weighted by Gasteiger charge is -2.42. The molecular weight excluding hydrogens is 821 g/mol. The highest BCUT2D eigenvalue weighted by atomic mass is 35.5. The largest absolute Gasteiger partial charge is 0.378 e. The van der Waals surface area contributed by atoms with Crippen molar-refractivity contribution >= 4 is 78.9 Å². The van der Waals surface area contributed by atoms with Crippen LogP contribution >= 0.6 is 23.2 Å². The molecule has 0 radical (unpaired) electrons. The zero-order valence-electron chi connectivity index (χ0n) is 34.6. The molecule has 0 spiro atoms. The number of carbonyl (C=O) groups excluding carboxylic acids is 2. The molecule has 4 aromatic carbocycles. The molecule has 3 saturated heterocycles. The van der Waals surface area contributed by atoms with Crippen LogP contribution < -0.4 is 0 Å². The summed E-state index contributed by atoms with van der Waals surface area (Å²) < 4.78 is 9.39. The van der Waals surface area contributed by atoms with Crippen LogP contribution in [-0.2, 0) is 18.8 Å². The first-order valence-electron chi connectivity index (χ1n) is 21.2. The molecule has 314 valence electrons. The maximum atomic E-state index is 13.9. The molecule has 0 atom stereocenters. The average Bonchev–Trinajstić information content (AvgIpc) is 3.74. The highest BCUT2D eigenvalue weighted by Crippen LogP contribution is 2.35. The van der Waals surface area contributed by atoms with Gasteiger partial charge in [0.15, 0.2) is 11.6 Å². The van der Waals surface area contributed by atoms with Crippen LogP contribution in [0.1, 0.15) is 40.2 Å². The fourth-order valence-electron chi connectivity index (χ4n) is 9.04. The Bertz CT molecular complexity index is 2990. The molecule has 0 unspecified atom stereocenters. The van der Waals surface area contributed by atoms with Crippen LogP contribution in [0.25, 0.3) is 66.6 Å². The number of rotatable bonds is 5. The van der Waals surface area contributed by atoms with Gasteiger partial charge in [-0.15, -0.1) is 0 Å². The molecule has 4 aromatic heterocycles. The second-order valence-corrected chi connectivity index (χ2v) is 17.1. The molecule has 0 saturated carbocycles. The molecule has 3 fully saturated rings. The SMILES string of the molecule is Cn1c2cc(Cl)ccc2c2c(C(=O)N3CCC(N4CCC4)CC3)nc(-c3ccccc3)nc21.Cn1c2cc(Cl)ccc2c2c(C(=O)N3CCOCC3)nc(-c3ccccc3)nc21. The van der Waals surface area contributed by atoms with Gasteiger partial charge < -0.3 is 28.6 Å². The number of halogens is 2. The van der Waals surface area contributed by atoms with E-state index in [-0.39, 0.29) is 11.8 Å². The summed E-state index contributed by atoms with van der Waals surface area (Å²) in [4.78, 5) is 52.9. The Hall–Kier alpha value is -5.92. The molecule has 2 amide bonds. The summed E-state index contributed by atoms with van der Waals surface area (Å²) >= 11 is 12.5. The number of benzene rings is 4. The monoisotopic (exact) mass is 865 g/mol. The van der Waals surface area contributed by atoms with Gasteiger partial charge in [0.25, 0.3) is 11.8 Å². The molecule has 12 nitrogen and oxygen atoms in total. The van der Waals surface area contributed by atoms with E-state index in [4.69, 9.17) is 47.9 Å². The van der Waals surface area contributed by atoms with Gasteiger partial charge in [-0.2, -0.15) is 0 Å². The van der Waals surface area contributed by atoms with Crippen molar-refractivity contribution in [1.82, 2.24) is 43.8 Å². The van der Waals surface area contributed by atoms with Crippen LogP contribution in [0.15, 0.2) is 97.1 Å². The van der Waals surface area contributed by atoms with Gasteiger partial charge in [0.05, 0.1) is 35.0 Å². The smallest absolute Gasteiger partial charge is 0.273 e. The molecule has 14 heteroatoms. The predicted octanol–water partition coefficient (Wildman–Crippen LogP) is 8.67. The number of hydrogen-bond acceptors (Lipinski definition) is 8. The van der Waals surface area contributed by atoms with E-state index in [0.717, 1.165) is 75.3 Å². The highest BCUT2D eigenvalue weighted by molar-refractivity contribution is 6.32. The van der Waals surface area contributed by atoms with Crippen molar-refractivity contribution in [2.45, 2.75) is 25.3 Å². The predicted molar refractivity (Wildman–Crippen MR) is 245 cm³/mol. The summed E-state index contributed by atoms with van der Waals surface area (Å²) in [7, 11) is 3.90. The van der Waals surface area contributed by atoms with Crippen LogP contribution in [0.3, 0.4) is 0 Å². The van der Waals surface area contributed by atoms with Gasteiger partial charge in [0.2, 0.25) is 0 Å². The third-order valence-electron chi connectivity index (χ3n) is 12.5. The number of nitrogens with zero attached hydrogens (tertiary/aromatic N) is 9. The first kappa shape index (κ1) is 40.2. The lowest BCUT2D eigenvalue weighted by Crippen LogP contribution is -2.51. The summed E-state index contributed by atoms with van der Waals surface area (Å²) in [5.74, 6) is 0.995. The zero-order valence-corrected chi connectivity index (χ0v) is 36.1. The first-order chi connectivity index (χ1) is 30.2. The summed E-state index contributed by atoms with van der Waals surface area (Å²) in [6.45, 7) is 6.12. The first-order valence-corrected chi connectivity index (χ1v) is 21.9. The van der Waals surface area contributed by atoms with Crippen molar-refractivity contribution in [1.29, 1.82) is 0 Å². The minimum absolute atomic E-state index is 0.0101. The molecule has 0 aliphatic carbocycles. The minimum Gasteiger partial charge on any atom is -0.378 e. The Morgan fingerprint density at radius 2 is 1.03 bits per heavy atom. The summed E-state index contributed by atoms with van der Waals surface area (Å²) in [6, 6.07) is 31.6. The number of aromatic nitrogens is 6. The number of likely N-dealkylation sites (tertiary alicyclic amines) is 2. The van der Waals surface area contributed by atoms with E-state index in [1.54, 1.807) is 4.90 Å². The number of aryl methyl sites for hydroxylation is 2. The number of piperidine rings is 1.